The Bertz CT molecular complexity index is 1120. The zero-order valence-electron chi connectivity index (χ0n) is 15.5. The van der Waals surface area contributed by atoms with Gasteiger partial charge in [-0.25, -0.2) is 4.98 Å². The molecular weight excluding hydrogens is 376 g/mol. The minimum absolute atomic E-state index is 0.0522. The van der Waals surface area contributed by atoms with Crippen molar-refractivity contribution in [1.82, 2.24) is 19.7 Å². The quantitative estimate of drug-likeness (QED) is 0.480. The summed E-state index contributed by atoms with van der Waals surface area (Å²) in [5, 5.41) is 15.4. The molecule has 10 nitrogen and oxygen atoms in total. The number of carbonyl (C=O) groups is 1. The number of nitro groups is 1. The zero-order valence-corrected chi connectivity index (χ0v) is 15.5. The van der Waals surface area contributed by atoms with Crippen molar-refractivity contribution in [3.05, 3.63) is 69.1 Å². The molecule has 0 aliphatic carbocycles. The minimum Gasteiger partial charge on any atom is -0.353 e. The van der Waals surface area contributed by atoms with E-state index < -0.39 is 4.92 Å². The molecule has 0 radical (unpaired) electrons. The number of para-hydroxylation sites is 1. The second-order valence-corrected chi connectivity index (χ2v) is 6.68. The summed E-state index contributed by atoms with van der Waals surface area (Å²) in [5.74, 6) is 0.568. The lowest BCUT2D eigenvalue weighted by Crippen LogP contribution is -2.50. The fourth-order valence-electron chi connectivity index (χ4n) is 3.37. The normalized spacial score (nSPS) is 14.2. The van der Waals surface area contributed by atoms with Crippen LogP contribution in [0.4, 0.5) is 11.5 Å². The number of nitrogens with zero attached hydrogens (tertiary/aromatic N) is 6. The number of benzene rings is 1. The van der Waals surface area contributed by atoms with E-state index in [1.165, 1.54) is 18.5 Å². The van der Waals surface area contributed by atoms with E-state index in [-0.39, 0.29) is 23.6 Å². The Morgan fingerprint density at radius 1 is 1.07 bits per heavy atom. The highest BCUT2D eigenvalue weighted by molar-refractivity contribution is 5.81. The van der Waals surface area contributed by atoms with E-state index in [1.54, 1.807) is 39.9 Å². The van der Waals surface area contributed by atoms with Crippen molar-refractivity contribution in [3.8, 4) is 0 Å². The SMILES string of the molecule is O=C(Cn1ncc(=O)c2ccccc21)N1CCN(c2ccc([N+](=O)[O-])cn2)CC1. The van der Waals surface area contributed by atoms with Crippen LogP contribution in [0.2, 0.25) is 0 Å². The molecule has 10 heteroatoms. The first-order valence-electron chi connectivity index (χ1n) is 9.11. The van der Waals surface area contributed by atoms with Crippen molar-refractivity contribution in [2.75, 3.05) is 31.1 Å². The minimum atomic E-state index is -0.484. The lowest BCUT2D eigenvalue weighted by atomic mass is 10.2. The van der Waals surface area contributed by atoms with Crippen molar-refractivity contribution in [2.45, 2.75) is 6.54 Å². The molecule has 4 rings (SSSR count). The number of amides is 1. The second-order valence-electron chi connectivity index (χ2n) is 6.68. The van der Waals surface area contributed by atoms with Crippen molar-refractivity contribution in [1.29, 1.82) is 0 Å². The first-order chi connectivity index (χ1) is 14.0. The number of hydrogen-bond donors (Lipinski definition) is 0. The van der Waals surface area contributed by atoms with Gasteiger partial charge in [0.05, 0.1) is 16.6 Å². The fraction of sp³-hybridized carbons (Fsp3) is 0.263. The van der Waals surface area contributed by atoms with Crippen LogP contribution in [0, 0.1) is 10.1 Å². The van der Waals surface area contributed by atoms with Crippen molar-refractivity contribution >= 4 is 28.3 Å². The topological polar surface area (TPSA) is 114 Å². The third-order valence-corrected chi connectivity index (χ3v) is 4.95. The van der Waals surface area contributed by atoms with E-state index in [9.17, 15) is 19.7 Å². The number of carbonyl (C=O) groups excluding carboxylic acids is 1. The van der Waals surface area contributed by atoms with E-state index in [0.29, 0.717) is 42.9 Å². The standard InChI is InChI=1S/C19H18N6O4/c26-17-12-21-24(16-4-2-1-3-15(16)17)13-19(27)23-9-7-22(8-10-23)18-6-5-14(11-20-18)25(28)29/h1-6,11-12H,7-10,13H2. The first-order valence-corrected chi connectivity index (χ1v) is 9.11. The molecular formula is C19H18N6O4. The van der Waals surface area contributed by atoms with Gasteiger partial charge in [0.15, 0.2) is 0 Å². The van der Waals surface area contributed by atoms with Gasteiger partial charge < -0.3 is 9.80 Å². The van der Waals surface area contributed by atoms with Crippen LogP contribution in [-0.2, 0) is 11.3 Å². The number of hydrogen-bond acceptors (Lipinski definition) is 7. The summed E-state index contributed by atoms with van der Waals surface area (Å²) in [4.78, 5) is 42.8. The van der Waals surface area contributed by atoms with Crippen LogP contribution in [0.3, 0.4) is 0 Å². The number of fused-ring (bicyclic) bond motifs is 1. The summed E-state index contributed by atoms with van der Waals surface area (Å²) in [6.07, 6.45) is 2.47. The van der Waals surface area contributed by atoms with Crippen LogP contribution in [0.5, 0.6) is 0 Å². The summed E-state index contributed by atoms with van der Waals surface area (Å²) in [6, 6.07) is 10.1. The van der Waals surface area contributed by atoms with Crippen LogP contribution in [0.15, 0.2) is 53.6 Å². The molecule has 0 N–H and O–H groups in total. The average Bonchev–Trinajstić information content (AvgIpc) is 2.76. The number of piperazine rings is 1. The first kappa shape index (κ1) is 18.5. The third-order valence-electron chi connectivity index (χ3n) is 4.95. The van der Waals surface area contributed by atoms with Gasteiger partial charge in [-0.3, -0.25) is 24.4 Å². The largest absolute Gasteiger partial charge is 0.353 e. The molecule has 0 bridgehead atoms. The van der Waals surface area contributed by atoms with Gasteiger partial charge in [-0.2, -0.15) is 5.10 Å². The maximum Gasteiger partial charge on any atom is 0.287 e. The molecule has 1 fully saturated rings. The molecule has 0 atom stereocenters. The summed E-state index contributed by atoms with van der Waals surface area (Å²) in [7, 11) is 0. The molecule has 3 aromatic rings. The number of rotatable bonds is 4. The van der Waals surface area contributed by atoms with E-state index in [1.807, 2.05) is 4.90 Å². The van der Waals surface area contributed by atoms with Crippen LogP contribution in [0.25, 0.3) is 10.9 Å². The van der Waals surface area contributed by atoms with Gasteiger partial charge in [0.2, 0.25) is 11.3 Å². The predicted molar refractivity (Wildman–Crippen MR) is 106 cm³/mol. The third kappa shape index (κ3) is 3.77. The van der Waals surface area contributed by atoms with Crippen molar-refractivity contribution < 1.29 is 9.72 Å². The molecule has 1 aliphatic rings. The lowest BCUT2D eigenvalue weighted by Gasteiger charge is -2.35. The summed E-state index contributed by atoms with van der Waals surface area (Å²) in [6.45, 7) is 2.23. The van der Waals surface area contributed by atoms with Crippen molar-refractivity contribution in [3.63, 3.8) is 0 Å². The van der Waals surface area contributed by atoms with Crippen molar-refractivity contribution in [2.24, 2.45) is 0 Å². The maximum atomic E-state index is 12.7. The summed E-state index contributed by atoms with van der Waals surface area (Å²) in [5.41, 5.74) is 0.402. The Kier molecular flexibility index (Phi) is 4.90. The molecule has 2 aromatic heterocycles. The summed E-state index contributed by atoms with van der Waals surface area (Å²) >= 11 is 0. The van der Waals surface area contributed by atoms with Gasteiger partial charge >= 0.3 is 0 Å². The van der Waals surface area contributed by atoms with Crippen LogP contribution in [0.1, 0.15) is 0 Å². The van der Waals surface area contributed by atoms with Gasteiger partial charge in [-0.1, -0.05) is 12.1 Å². The van der Waals surface area contributed by atoms with Gasteiger partial charge in [-0.15, -0.1) is 0 Å². The highest BCUT2D eigenvalue weighted by Crippen LogP contribution is 2.17. The van der Waals surface area contributed by atoms with Gasteiger partial charge in [0.25, 0.3) is 5.69 Å². The second kappa shape index (κ2) is 7.66. The number of anilines is 1. The highest BCUT2D eigenvalue weighted by Gasteiger charge is 2.23. The van der Waals surface area contributed by atoms with Crippen LogP contribution < -0.4 is 10.3 Å². The number of pyridine rings is 1. The van der Waals surface area contributed by atoms with E-state index in [4.69, 9.17) is 0 Å². The predicted octanol–water partition coefficient (Wildman–Crippen LogP) is 1.05. The van der Waals surface area contributed by atoms with Crippen LogP contribution >= 0.6 is 0 Å². The molecule has 1 aliphatic heterocycles. The Balaban J connectivity index is 1.41. The Morgan fingerprint density at radius 3 is 2.52 bits per heavy atom. The lowest BCUT2D eigenvalue weighted by molar-refractivity contribution is -0.385. The summed E-state index contributed by atoms with van der Waals surface area (Å²) < 4.78 is 1.54. The molecule has 1 saturated heterocycles. The average molecular weight is 394 g/mol. The molecule has 0 unspecified atom stereocenters. The van der Waals surface area contributed by atoms with Gasteiger partial charge in [0.1, 0.15) is 18.6 Å². The fourth-order valence-corrected chi connectivity index (χ4v) is 3.37. The maximum absolute atomic E-state index is 12.7. The molecule has 1 amide bonds. The Labute approximate surface area is 165 Å². The smallest absolute Gasteiger partial charge is 0.287 e. The number of aromatic nitrogens is 3. The van der Waals surface area contributed by atoms with Gasteiger partial charge in [-0.05, 0) is 18.2 Å². The Hall–Kier alpha value is -3.82. The molecule has 0 saturated carbocycles. The van der Waals surface area contributed by atoms with E-state index in [2.05, 4.69) is 10.1 Å². The van der Waals surface area contributed by atoms with E-state index in [0.717, 1.165) is 0 Å². The van der Waals surface area contributed by atoms with Crippen LogP contribution in [-0.4, -0.2) is 56.7 Å². The zero-order chi connectivity index (χ0) is 20.4. The molecule has 29 heavy (non-hydrogen) atoms. The Morgan fingerprint density at radius 2 is 1.83 bits per heavy atom. The molecule has 3 heterocycles. The monoisotopic (exact) mass is 394 g/mol. The molecule has 0 spiro atoms. The highest BCUT2D eigenvalue weighted by atomic mass is 16.6. The molecule has 1 aromatic carbocycles. The van der Waals surface area contributed by atoms with Gasteiger partial charge in [0, 0.05) is 37.6 Å². The molecule has 148 valence electrons. The van der Waals surface area contributed by atoms with E-state index >= 15 is 0 Å².